The van der Waals surface area contributed by atoms with Gasteiger partial charge in [0.2, 0.25) is 0 Å². The molecule has 0 radical (unpaired) electrons. The van der Waals surface area contributed by atoms with Crippen LogP contribution in [0.4, 0.5) is 22.7 Å². The van der Waals surface area contributed by atoms with E-state index in [1.54, 1.807) is 0 Å². The van der Waals surface area contributed by atoms with Gasteiger partial charge < -0.3 is 9.80 Å². The molecule has 3 aromatic carbocycles. The van der Waals surface area contributed by atoms with Crippen LogP contribution in [0.25, 0.3) is 5.57 Å². The first-order valence-electron chi connectivity index (χ1n) is 11.6. The zero-order valence-corrected chi connectivity index (χ0v) is 19.8. The molecule has 2 heteroatoms. The lowest BCUT2D eigenvalue weighted by atomic mass is 10.0. The molecule has 2 nitrogen and oxygen atoms in total. The third kappa shape index (κ3) is 5.18. The van der Waals surface area contributed by atoms with E-state index in [2.05, 4.69) is 139 Å². The van der Waals surface area contributed by atoms with Crippen LogP contribution < -0.4 is 9.80 Å². The third-order valence-electron chi connectivity index (χ3n) is 6.05. The minimum Gasteiger partial charge on any atom is -0.344 e. The largest absolute Gasteiger partial charge is 0.344 e. The van der Waals surface area contributed by atoms with Crippen LogP contribution in [-0.2, 0) is 6.42 Å². The molecule has 0 saturated heterocycles. The summed E-state index contributed by atoms with van der Waals surface area (Å²) in [5.74, 6) is 0. The van der Waals surface area contributed by atoms with Gasteiger partial charge in [-0.2, -0.15) is 0 Å². The summed E-state index contributed by atoms with van der Waals surface area (Å²) >= 11 is 0. The van der Waals surface area contributed by atoms with Crippen molar-refractivity contribution in [2.45, 2.75) is 20.3 Å². The van der Waals surface area contributed by atoms with Crippen LogP contribution in [-0.4, -0.2) is 13.6 Å². The minimum absolute atomic E-state index is 0.830. The highest BCUT2D eigenvalue weighted by atomic mass is 15.1. The highest BCUT2D eigenvalue weighted by Crippen LogP contribution is 2.35. The van der Waals surface area contributed by atoms with Gasteiger partial charge in [-0.25, -0.2) is 0 Å². The summed E-state index contributed by atoms with van der Waals surface area (Å²) < 4.78 is 0. The topological polar surface area (TPSA) is 6.48 Å². The van der Waals surface area contributed by atoms with E-state index in [4.69, 9.17) is 0 Å². The number of allylic oxidation sites excluding steroid dienone is 7. The molecular weight excluding hydrogens is 400 g/mol. The van der Waals surface area contributed by atoms with Crippen molar-refractivity contribution in [2.24, 2.45) is 0 Å². The molecule has 0 fully saturated rings. The molecule has 0 aromatic heterocycles. The first-order valence-corrected chi connectivity index (χ1v) is 11.6. The number of para-hydroxylation sites is 2. The third-order valence-corrected chi connectivity index (χ3v) is 6.05. The van der Waals surface area contributed by atoms with Gasteiger partial charge in [0.15, 0.2) is 0 Å². The van der Waals surface area contributed by atoms with Gasteiger partial charge in [-0.15, -0.1) is 0 Å². The van der Waals surface area contributed by atoms with Crippen LogP contribution >= 0.6 is 0 Å². The molecule has 0 saturated carbocycles. The van der Waals surface area contributed by atoms with Gasteiger partial charge in [0.25, 0.3) is 0 Å². The van der Waals surface area contributed by atoms with E-state index in [9.17, 15) is 0 Å². The molecule has 33 heavy (non-hydrogen) atoms. The van der Waals surface area contributed by atoms with Crippen molar-refractivity contribution in [1.29, 1.82) is 0 Å². The van der Waals surface area contributed by atoms with Crippen molar-refractivity contribution in [3.63, 3.8) is 0 Å². The second-order valence-corrected chi connectivity index (χ2v) is 8.27. The number of anilines is 4. The summed E-state index contributed by atoms with van der Waals surface area (Å²) in [6.07, 6.45) is 16.0. The lowest BCUT2D eigenvalue weighted by Gasteiger charge is -2.28. The lowest BCUT2D eigenvalue weighted by molar-refractivity contribution is 1.07. The molecular formula is C31H32N2. The average molecular weight is 433 g/mol. The molecule has 0 bridgehead atoms. The van der Waals surface area contributed by atoms with Crippen molar-refractivity contribution in [1.82, 2.24) is 0 Å². The zero-order valence-electron chi connectivity index (χ0n) is 19.8. The summed E-state index contributed by atoms with van der Waals surface area (Å²) in [7, 11) is 2.15. The van der Waals surface area contributed by atoms with Crippen molar-refractivity contribution >= 4 is 28.3 Å². The van der Waals surface area contributed by atoms with E-state index >= 15 is 0 Å². The summed E-state index contributed by atoms with van der Waals surface area (Å²) in [5, 5.41) is 0. The Morgan fingerprint density at radius 3 is 2.58 bits per heavy atom. The molecule has 3 aromatic rings. The number of hydrogen-bond acceptors (Lipinski definition) is 2. The molecule has 1 heterocycles. The van der Waals surface area contributed by atoms with Crippen molar-refractivity contribution < 1.29 is 0 Å². The fraction of sp³-hybridized carbons (Fsp3) is 0.161. The number of nitrogens with zero attached hydrogens (tertiary/aromatic N) is 2. The van der Waals surface area contributed by atoms with Gasteiger partial charge in [-0.05, 0) is 61.7 Å². The van der Waals surface area contributed by atoms with E-state index in [1.807, 2.05) is 6.92 Å². The minimum atomic E-state index is 0.830. The summed E-state index contributed by atoms with van der Waals surface area (Å²) in [6, 6.07) is 26.1. The van der Waals surface area contributed by atoms with E-state index in [1.165, 1.54) is 39.4 Å². The van der Waals surface area contributed by atoms with Gasteiger partial charge in [-0.3, -0.25) is 0 Å². The molecule has 166 valence electrons. The Morgan fingerprint density at radius 2 is 1.70 bits per heavy atom. The quantitative estimate of drug-likeness (QED) is 0.375. The fourth-order valence-electron chi connectivity index (χ4n) is 4.25. The van der Waals surface area contributed by atoms with Gasteiger partial charge in [0.1, 0.15) is 0 Å². The second-order valence-electron chi connectivity index (χ2n) is 8.27. The van der Waals surface area contributed by atoms with Crippen LogP contribution in [0.5, 0.6) is 0 Å². The van der Waals surface area contributed by atoms with Crippen LogP contribution in [0.2, 0.25) is 0 Å². The predicted molar refractivity (Wildman–Crippen MR) is 145 cm³/mol. The van der Waals surface area contributed by atoms with Crippen LogP contribution in [0.3, 0.4) is 0 Å². The second kappa shape index (κ2) is 10.7. The molecule has 0 atom stereocenters. The molecule has 1 aliphatic rings. The summed E-state index contributed by atoms with van der Waals surface area (Å²) in [4.78, 5) is 4.69. The SMILES string of the molecule is C/C=C\C=C(/C)c1ccccc1N(C)c1cccc(N2C/C=C\C=C/Cc3ccccc32)c1. The fourth-order valence-corrected chi connectivity index (χ4v) is 4.25. The number of benzene rings is 3. The number of hydrogen-bond donors (Lipinski definition) is 0. The van der Waals surface area contributed by atoms with Crippen molar-refractivity contribution in [2.75, 3.05) is 23.4 Å². The van der Waals surface area contributed by atoms with E-state index in [0.29, 0.717) is 0 Å². The molecule has 0 unspecified atom stereocenters. The Morgan fingerprint density at radius 1 is 0.909 bits per heavy atom. The first kappa shape index (κ1) is 22.4. The van der Waals surface area contributed by atoms with Crippen LogP contribution in [0, 0.1) is 0 Å². The Balaban J connectivity index is 1.73. The zero-order chi connectivity index (χ0) is 23.0. The number of fused-ring (bicyclic) bond motifs is 1. The van der Waals surface area contributed by atoms with E-state index in [-0.39, 0.29) is 0 Å². The maximum atomic E-state index is 2.40. The summed E-state index contributed by atoms with van der Waals surface area (Å²) in [5.41, 5.74) is 8.64. The molecule has 0 spiro atoms. The average Bonchev–Trinajstić information content (AvgIpc) is 2.97. The Hall–Kier alpha value is -3.78. The van der Waals surface area contributed by atoms with E-state index in [0.717, 1.165) is 13.0 Å². The van der Waals surface area contributed by atoms with Gasteiger partial charge in [0, 0.05) is 41.9 Å². The number of rotatable bonds is 5. The molecule has 0 N–H and O–H groups in total. The first-order chi connectivity index (χ1) is 16.2. The van der Waals surface area contributed by atoms with Crippen LogP contribution in [0.1, 0.15) is 25.0 Å². The lowest BCUT2D eigenvalue weighted by Crippen LogP contribution is -2.19. The monoisotopic (exact) mass is 432 g/mol. The van der Waals surface area contributed by atoms with Gasteiger partial charge >= 0.3 is 0 Å². The van der Waals surface area contributed by atoms with Crippen molar-refractivity contribution in [3.8, 4) is 0 Å². The van der Waals surface area contributed by atoms with Crippen molar-refractivity contribution in [3.05, 3.63) is 126 Å². The Bertz CT molecular complexity index is 1210. The standard InChI is InChI=1S/C31H32N2/c1-4-5-15-25(2)29-20-10-12-22-31(29)32(3)27-18-14-19-28(24-27)33-23-13-7-6-8-16-26-17-9-11-21-30(26)33/h4-15,17-22,24H,16,23H2,1-3H3/b5-4-,8-6-,13-7-,25-15+. The molecule has 1 aliphatic heterocycles. The Labute approximate surface area is 198 Å². The highest BCUT2D eigenvalue weighted by Gasteiger charge is 2.15. The predicted octanol–water partition coefficient (Wildman–Crippen LogP) is 8.24. The Kier molecular flexibility index (Phi) is 7.26. The van der Waals surface area contributed by atoms with Gasteiger partial charge in [-0.1, -0.05) is 85.0 Å². The molecule has 0 amide bonds. The summed E-state index contributed by atoms with van der Waals surface area (Å²) in [6.45, 7) is 5.05. The molecule has 0 aliphatic carbocycles. The van der Waals surface area contributed by atoms with Crippen LogP contribution in [0.15, 0.2) is 115 Å². The van der Waals surface area contributed by atoms with Gasteiger partial charge in [0.05, 0.1) is 0 Å². The van der Waals surface area contributed by atoms with E-state index < -0.39 is 0 Å². The maximum Gasteiger partial charge on any atom is 0.0484 e. The molecule has 4 rings (SSSR count). The smallest absolute Gasteiger partial charge is 0.0484 e. The normalized spacial score (nSPS) is 16.0. The highest BCUT2D eigenvalue weighted by molar-refractivity contribution is 5.81. The maximum absolute atomic E-state index is 2.40.